The van der Waals surface area contributed by atoms with Gasteiger partial charge >= 0.3 is 5.97 Å². The van der Waals surface area contributed by atoms with Gasteiger partial charge in [-0.25, -0.2) is 14.2 Å². The summed E-state index contributed by atoms with van der Waals surface area (Å²) >= 11 is 6.90. The minimum atomic E-state index is -0.547. The van der Waals surface area contributed by atoms with E-state index in [2.05, 4.69) is 15.0 Å². The van der Waals surface area contributed by atoms with Crippen molar-refractivity contribution in [2.24, 2.45) is 4.99 Å². The third-order valence-electron chi connectivity index (χ3n) is 4.35. The number of carbonyl (C=O) groups excluding carboxylic acids is 2. The molecule has 0 radical (unpaired) electrons. The second-order valence-electron chi connectivity index (χ2n) is 6.46. The number of benzene rings is 1. The summed E-state index contributed by atoms with van der Waals surface area (Å²) < 4.78 is 23.9. The van der Waals surface area contributed by atoms with Crippen LogP contribution in [0.5, 0.6) is 5.75 Å². The minimum absolute atomic E-state index is 0.0205. The first-order valence-corrected chi connectivity index (χ1v) is 10.5. The van der Waals surface area contributed by atoms with Crippen LogP contribution in [-0.4, -0.2) is 40.6 Å². The van der Waals surface area contributed by atoms with Crippen molar-refractivity contribution in [3.63, 3.8) is 0 Å². The molecule has 1 aliphatic rings. The first-order chi connectivity index (χ1) is 15.0. The molecule has 7 nitrogen and oxygen atoms in total. The van der Waals surface area contributed by atoms with Crippen LogP contribution in [0.3, 0.4) is 0 Å². The SMILES string of the molecule is CCOC(=O)c1nc(-c2nccc3c2N=C(COc2ccc(F)c(Cl)c2)CC3=O)cs1. The first kappa shape index (κ1) is 21.1. The van der Waals surface area contributed by atoms with Crippen molar-refractivity contribution in [1.29, 1.82) is 0 Å². The van der Waals surface area contributed by atoms with Crippen molar-refractivity contribution >= 4 is 46.1 Å². The number of ether oxygens (including phenoxy) is 2. The van der Waals surface area contributed by atoms with Gasteiger partial charge in [-0.15, -0.1) is 11.3 Å². The summed E-state index contributed by atoms with van der Waals surface area (Å²) in [5.74, 6) is -0.841. The predicted molar refractivity (Wildman–Crippen MR) is 114 cm³/mol. The number of Topliss-reactive ketones (excluding diaryl/α,β-unsaturated/α-hetero) is 1. The van der Waals surface area contributed by atoms with E-state index in [4.69, 9.17) is 21.1 Å². The number of hydrogen-bond donors (Lipinski definition) is 0. The normalized spacial score (nSPS) is 12.9. The van der Waals surface area contributed by atoms with Crippen LogP contribution in [0.15, 0.2) is 40.8 Å². The molecule has 0 aliphatic carbocycles. The maximum absolute atomic E-state index is 13.3. The van der Waals surface area contributed by atoms with Gasteiger partial charge in [0.15, 0.2) is 5.78 Å². The van der Waals surface area contributed by atoms with E-state index in [0.29, 0.717) is 34.1 Å². The van der Waals surface area contributed by atoms with Gasteiger partial charge in [0, 0.05) is 23.2 Å². The van der Waals surface area contributed by atoms with Gasteiger partial charge in [-0.05, 0) is 25.1 Å². The van der Waals surface area contributed by atoms with Crippen LogP contribution in [0.4, 0.5) is 10.1 Å². The van der Waals surface area contributed by atoms with E-state index in [1.165, 1.54) is 24.4 Å². The zero-order valence-electron chi connectivity index (χ0n) is 16.2. The number of rotatable bonds is 6. The van der Waals surface area contributed by atoms with Crippen LogP contribution in [0.25, 0.3) is 11.4 Å². The fraction of sp³-hybridized carbons (Fsp3) is 0.190. The molecule has 3 heterocycles. The van der Waals surface area contributed by atoms with E-state index in [0.717, 1.165) is 11.3 Å². The lowest BCUT2D eigenvalue weighted by atomic mass is 9.99. The molecule has 1 aliphatic heterocycles. The van der Waals surface area contributed by atoms with Gasteiger partial charge in [-0.1, -0.05) is 11.6 Å². The Hall–Kier alpha value is -3.17. The highest BCUT2D eigenvalue weighted by Gasteiger charge is 2.25. The summed E-state index contributed by atoms with van der Waals surface area (Å²) in [6.45, 7) is 1.98. The Morgan fingerprint density at radius 2 is 2.16 bits per heavy atom. The van der Waals surface area contributed by atoms with Crippen molar-refractivity contribution in [3.05, 3.63) is 57.3 Å². The summed E-state index contributed by atoms with van der Waals surface area (Å²) in [7, 11) is 0. The lowest BCUT2D eigenvalue weighted by Crippen LogP contribution is -2.20. The number of carbonyl (C=O) groups is 2. The fourth-order valence-corrected chi connectivity index (χ4v) is 3.81. The number of halogens is 2. The molecule has 0 bridgehead atoms. The standard InChI is InChI=1S/C21H15ClFN3O4S/c1-2-29-21(28)20-26-16(10-31-20)19-18-13(5-6-24-19)17(27)7-11(25-18)9-30-12-3-4-15(23)14(22)8-12/h3-6,8,10H,2,7,9H2,1H3. The van der Waals surface area contributed by atoms with Crippen molar-refractivity contribution in [3.8, 4) is 17.1 Å². The molecule has 0 unspecified atom stereocenters. The van der Waals surface area contributed by atoms with Crippen LogP contribution in [0.1, 0.15) is 33.5 Å². The van der Waals surface area contributed by atoms with Crippen LogP contribution in [0, 0.1) is 5.82 Å². The van der Waals surface area contributed by atoms with Gasteiger partial charge in [0.25, 0.3) is 0 Å². The Bertz CT molecular complexity index is 1210. The molecule has 0 amide bonds. The van der Waals surface area contributed by atoms with Crippen molar-refractivity contribution in [1.82, 2.24) is 9.97 Å². The Balaban J connectivity index is 1.62. The van der Waals surface area contributed by atoms with Gasteiger partial charge in [-0.2, -0.15) is 0 Å². The molecule has 0 fully saturated rings. The number of hydrogen-bond acceptors (Lipinski definition) is 8. The molecule has 0 saturated heterocycles. The molecule has 0 spiro atoms. The number of aliphatic imine (C=N–C) groups is 1. The third-order valence-corrected chi connectivity index (χ3v) is 5.46. The van der Waals surface area contributed by atoms with Crippen LogP contribution in [0.2, 0.25) is 5.02 Å². The average Bonchev–Trinajstić information content (AvgIpc) is 3.25. The van der Waals surface area contributed by atoms with E-state index in [9.17, 15) is 14.0 Å². The summed E-state index contributed by atoms with van der Waals surface area (Å²) in [5, 5.41) is 1.80. The molecule has 10 heteroatoms. The highest BCUT2D eigenvalue weighted by molar-refractivity contribution is 7.11. The molecule has 0 N–H and O–H groups in total. The fourth-order valence-electron chi connectivity index (χ4n) is 2.94. The number of aromatic nitrogens is 2. The number of nitrogens with zero attached hydrogens (tertiary/aromatic N) is 3. The number of pyridine rings is 1. The Kier molecular flexibility index (Phi) is 6.06. The molecule has 0 atom stereocenters. The van der Waals surface area contributed by atoms with E-state index < -0.39 is 11.8 Å². The minimum Gasteiger partial charge on any atom is -0.488 e. The van der Waals surface area contributed by atoms with Crippen LogP contribution in [-0.2, 0) is 4.74 Å². The van der Waals surface area contributed by atoms with E-state index in [1.807, 2.05) is 0 Å². The molecule has 3 aromatic rings. The summed E-state index contributed by atoms with van der Waals surface area (Å²) in [6, 6.07) is 5.60. The predicted octanol–water partition coefficient (Wildman–Crippen LogP) is 4.91. The second-order valence-corrected chi connectivity index (χ2v) is 7.72. The van der Waals surface area contributed by atoms with Crippen molar-refractivity contribution in [2.45, 2.75) is 13.3 Å². The molecule has 31 heavy (non-hydrogen) atoms. The maximum atomic E-state index is 13.3. The Morgan fingerprint density at radius 3 is 2.94 bits per heavy atom. The molecule has 2 aromatic heterocycles. The number of fused-ring (bicyclic) bond motifs is 1. The topological polar surface area (TPSA) is 90.7 Å². The van der Waals surface area contributed by atoms with Crippen LogP contribution < -0.4 is 4.74 Å². The highest BCUT2D eigenvalue weighted by atomic mass is 35.5. The molecular weight excluding hydrogens is 445 g/mol. The van der Waals surface area contributed by atoms with Gasteiger partial charge in [-0.3, -0.25) is 14.8 Å². The molecule has 158 valence electrons. The Morgan fingerprint density at radius 1 is 1.32 bits per heavy atom. The first-order valence-electron chi connectivity index (χ1n) is 9.25. The highest BCUT2D eigenvalue weighted by Crippen LogP contribution is 2.35. The molecular formula is C21H15ClFN3O4S. The third kappa shape index (κ3) is 4.47. The van der Waals surface area contributed by atoms with Gasteiger partial charge in [0.05, 0.1) is 23.8 Å². The quantitative estimate of drug-likeness (QED) is 0.486. The average molecular weight is 460 g/mol. The molecule has 1 aromatic carbocycles. The van der Waals surface area contributed by atoms with Crippen molar-refractivity contribution < 1.29 is 23.5 Å². The zero-order valence-corrected chi connectivity index (χ0v) is 17.8. The second kappa shape index (κ2) is 8.91. The largest absolute Gasteiger partial charge is 0.488 e. The Labute approximate surface area is 185 Å². The van der Waals surface area contributed by atoms with E-state index >= 15 is 0 Å². The molecule has 0 saturated carbocycles. The summed E-state index contributed by atoms with van der Waals surface area (Å²) in [6.07, 6.45) is 1.59. The van der Waals surface area contributed by atoms with E-state index in [1.54, 1.807) is 18.4 Å². The smallest absolute Gasteiger partial charge is 0.367 e. The summed E-state index contributed by atoms with van der Waals surface area (Å²) in [4.78, 5) is 37.8. The van der Waals surface area contributed by atoms with Gasteiger partial charge in [0.2, 0.25) is 5.01 Å². The zero-order chi connectivity index (χ0) is 22.0. The van der Waals surface area contributed by atoms with Gasteiger partial charge < -0.3 is 9.47 Å². The number of esters is 1. The lowest BCUT2D eigenvalue weighted by molar-refractivity contribution is 0.0526. The van der Waals surface area contributed by atoms with Gasteiger partial charge in [0.1, 0.15) is 35.2 Å². The molecule has 4 rings (SSSR count). The van der Waals surface area contributed by atoms with E-state index in [-0.39, 0.29) is 35.4 Å². The van der Waals surface area contributed by atoms with Crippen molar-refractivity contribution in [2.75, 3.05) is 13.2 Å². The maximum Gasteiger partial charge on any atom is 0.367 e. The lowest BCUT2D eigenvalue weighted by Gasteiger charge is -2.17. The number of thiazole rings is 1. The number of ketones is 1. The summed E-state index contributed by atoms with van der Waals surface area (Å²) in [5.41, 5.74) is 2.08. The monoisotopic (exact) mass is 459 g/mol. The van der Waals surface area contributed by atoms with Crippen LogP contribution >= 0.6 is 22.9 Å².